The molecule has 2 aromatic rings. The molecular weight excluding hydrogens is 754 g/mol. The second kappa shape index (κ2) is 24.7. The molecule has 0 aromatic carbocycles. The fraction of sp³-hybridized carbons (Fsp3) is 0.889. The maximum atomic E-state index is 10.6. The molecule has 2 aromatic heterocycles. The molecule has 12 atom stereocenters. The minimum Gasteiger partial charge on any atom is -0.394 e. The Morgan fingerprint density at radius 2 is 1.02 bits per heavy atom. The first-order valence-corrected chi connectivity index (χ1v) is 20.1. The van der Waals surface area contributed by atoms with Gasteiger partial charge in [0, 0.05) is 25.5 Å². The average Bonchev–Trinajstić information content (AvgIpc) is 3.84. The van der Waals surface area contributed by atoms with E-state index in [1.807, 2.05) is 0 Å². The van der Waals surface area contributed by atoms with Gasteiger partial charge in [-0.3, -0.25) is 4.90 Å². The number of hydrogen-bond donors (Lipinski definition) is 10. The van der Waals surface area contributed by atoms with Crippen molar-refractivity contribution in [2.24, 2.45) is 0 Å². The number of aliphatic hydroxyl groups excluding tert-OH is 10. The molecule has 4 rings (SSSR count). The van der Waals surface area contributed by atoms with E-state index in [0.29, 0.717) is 24.5 Å². The van der Waals surface area contributed by atoms with Crippen molar-refractivity contribution in [2.75, 3.05) is 33.0 Å². The SMILES string of the molecule is CCCCCCCCCCCCN(Cc1cn(CC(O)CO[C@@H]2O[C@H](CO)[C@@H](O)[C@H](O)[C@H]2O)nn1)Cc1cn(CC(O)CO[C@@H]2O[C@H](CO)[C@@H](O)[C@H](O)[C@H]2O)nn1. The third kappa shape index (κ3) is 15.0. The largest absolute Gasteiger partial charge is 0.394 e. The molecule has 2 aliphatic heterocycles. The molecule has 4 heterocycles. The first-order chi connectivity index (χ1) is 27.4. The van der Waals surface area contributed by atoms with E-state index in [1.54, 1.807) is 12.4 Å². The summed E-state index contributed by atoms with van der Waals surface area (Å²) in [6, 6.07) is 0. The molecule has 21 heteroatoms. The molecule has 2 aliphatic rings. The summed E-state index contributed by atoms with van der Waals surface area (Å²) >= 11 is 0. The molecule has 0 aliphatic carbocycles. The Balaban J connectivity index is 1.28. The van der Waals surface area contributed by atoms with Gasteiger partial charge in [-0.25, -0.2) is 9.36 Å². The number of aromatic nitrogens is 6. The zero-order chi connectivity index (χ0) is 41.3. The zero-order valence-corrected chi connectivity index (χ0v) is 32.8. The molecule has 2 fully saturated rings. The Bertz CT molecular complexity index is 1290. The van der Waals surface area contributed by atoms with Crippen molar-refractivity contribution >= 4 is 0 Å². The number of nitrogens with zero attached hydrogens (tertiary/aromatic N) is 7. The summed E-state index contributed by atoms with van der Waals surface area (Å²) in [7, 11) is 0. The van der Waals surface area contributed by atoms with Gasteiger partial charge < -0.3 is 70.0 Å². The van der Waals surface area contributed by atoms with Gasteiger partial charge in [-0.15, -0.1) is 10.2 Å². The number of unbranched alkanes of at least 4 members (excludes halogenated alkanes) is 9. The Morgan fingerprint density at radius 1 is 0.614 bits per heavy atom. The van der Waals surface area contributed by atoms with E-state index >= 15 is 0 Å². The molecule has 0 amide bonds. The van der Waals surface area contributed by atoms with Crippen LogP contribution in [0.5, 0.6) is 0 Å². The summed E-state index contributed by atoms with van der Waals surface area (Å²) in [5.74, 6) is 0. The second-order valence-electron chi connectivity index (χ2n) is 15.1. The molecule has 57 heavy (non-hydrogen) atoms. The van der Waals surface area contributed by atoms with Gasteiger partial charge in [0.2, 0.25) is 0 Å². The number of aliphatic hydroxyl groups is 10. The number of hydrogen-bond acceptors (Lipinski definition) is 19. The molecule has 0 spiro atoms. The van der Waals surface area contributed by atoms with Crippen molar-refractivity contribution in [3.05, 3.63) is 23.8 Å². The van der Waals surface area contributed by atoms with E-state index in [-0.39, 0.29) is 26.3 Å². The Morgan fingerprint density at radius 3 is 1.42 bits per heavy atom. The monoisotopic (exact) mass is 819 g/mol. The van der Waals surface area contributed by atoms with Crippen LogP contribution in [0.25, 0.3) is 0 Å². The van der Waals surface area contributed by atoms with E-state index in [1.165, 1.54) is 54.3 Å². The molecule has 21 nitrogen and oxygen atoms in total. The van der Waals surface area contributed by atoms with Crippen LogP contribution >= 0.6 is 0 Å². The normalized spacial score (nSPS) is 29.3. The summed E-state index contributed by atoms with van der Waals surface area (Å²) in [6.07, 6.45) is -1.23. The minimum atomic E-state index is -1.59. The first kappa shape index (κ1) is 47.4. The molecule has 0 bridgehead atoms. The lowest BCUT2D eigenvalue weighted by Crippen LogP contribution is -2.59. The van der Waals surface area contributed by atoms with Crippen molar-refractivity contribution < 1.29 is 70.0 Å². The summed E-state index contributed by atoms with van der Waals surface area (Å²) < 4.78 is 24.5. The van der Waals surface area contributed by atoms with Gasteiger partial charge in [-0.2, -0.15) is 0 Å². The first-order valence-electron chi connectivity index (χ1n) is 20.1. The second-order valence-corrected chi connectivity index (χ2v) is 15.1. The highest BCUT2D eigenvalue weighted by Crippen LogP contribution is 2.23. The molecule has 2 saturated heterocycles. The van der Waals surface area contributed by atoms with Crippen LogP contribution in [0.15, 0.2) is 12.4 Å². The molecular formula is C36H65N7O14. The highest BCUT2D eigenvalue weighted by Gasteiger charge is 2.45. The van der Waals surface area contributed by atoms with Crippen molar-refractivity contribution in [3.8, 4) is 0 Å². The van der Waals surface area contributed by atoms with Crippen LogP contribution in [-0.4, -0.2) is 193 Å². The third-order valence-corrected chi connectivity index (χ3v) is 10.2. The van der Waals surface area contributed by atoms with Crippen LogP contribution in [0.1, 0.15) is 82.5 Å². The highest BCUT2D eigenvalue weighted by atomic mass is 16.7. The Hall–Kier alpha value is -2.32. The topological polar surface area (TPSA) is 304 Å². The van der Waals surface area contributed by atoms with Crippen molar-refractivity contribution in [1.82, 2.24) is 34.9 Å². The van der Waals surface area contributed by atoms with Gasteiger partial charge in [-0.05, 0) is 13.0 Å². The maximum Gasteiger partial charge on any atom is 0.186 e. The number of ether oxygens (including phenoxy) is 4. The lowest BCUT2D eigenvalue weighted by atomic mass is 9.99. The fourth-order valence-corrected chi connectivity index (χ4v) is 6.85. The lowest BCUT2D eigenvalue weighted by Gasteiger charge is -2.39. The van der Waals surface area contributed by atoms with Gasteiger partial charge in [0.05, 0.1) is 63.1 Å². The third-order valence-electron chi connectivity index (χ3n) is 10.2. The lowest BCUT2D eigenvalue weighted by molar-refractivity contribution is -0.304. The summed E-state index contributed by atoms with van der Waals surface area (Å²) in [5.41, 5.74) is 1.27. The standard InChI is InChI=1S/C36H65N7O14/c1-2-3-4-5-6-7-8-9-10-11-12-41(13-23-15-42(39-37-23)17-25(46)21-54-35-33(52)31(50)29(48)27(19-44)56-35)14-24-16-43(40-38-24)18-26(47)22-55-36-34(53)32(51)30(49)28(20-45)57-36/h15-16,25-36,44-53H,2-14,17-22H2,1H3/t25?,26?,27-,28-,29-,30-,31+,32+,33-,34-,35-,36-/m1/s1. The summed E-state index contributed by atoms with van der Waals surface area (Å²) in [5, 5.41) is 117. The fourth-order valence-electron chi connectivity index (χ4n) is 6.85. The van der Waals surface area contributed by atoms with Crippen molar-refractivity contribution in [2.45, 2.75) is 171 Å². The van der Waals surface area contributed by atoms with E-state index in [4.69, 9.17) is 18.9 Å². The van der Waals surface area contributed by atoms with Gasteiger partial charge in [0.25, 0.3) is 0 Å². The van der Waals surface area contributed by atoms with E-state index in [2.05, 4.69) is 32.4 Å². The minimum absolute atomic E-state index is 0.000380. The van der Waals surface area contributed by atoms with Crippen molar-refractivity contribution in [1.29, 1.82) is 0 Å². The van der Waals surface area contributed by atoms with E-state index in [0.717, 1.165) is 25.8 Å². The smallest absolute Gasteiger partial charge is 0.186 e. The summed E-state index contributed by atoms with van der Waals surface area (Å²) in [4.78, 5) is 2.16. The van der Waals surface area contributed by atoms with Crippen LogP contribution < -0.4 is 0 Å². The van der Waals surface area contributed by atoms with Crippen LogP contribution in [0.3, 0.4) is 0 Å². The van der Waals surface area contributed by atoms with Crippen LogP contribution in [0, 0.1) is 0 Å². The van der Waals surface area contributed by atoms with Gasteiger partial charge in [-0.1, -0.05) is 75.1 Å². The molecule has 0 radical (unpaired) electrons. The van der Waals surface area contributed by atoms with Gasteiger partial charge >= 0.3 is 0 Å². The highest BCUT2D eigenvalue weighted by molar-refractivity contribution is 4.97. The molecule has 10 N–H and O–H groups in total. The Kier molecular flexibility index (Phi) is 20.5. The van der Waals surface area contributed by atoms with Crippen LogP contribution in [0.2, 0.25) is 0 Å². The Labute approximate surface area is 332 Å². The maximum absolute atomic E-state index is 10.6. The molecule has 2 unspecified atom stereocenters. The average molecular weight is 820 g/mol. The van der Waals surface area contributed by atoms with E-state index in [9.17, 15) is 51.1 Å². The molecule has 0 saturated carbocycles. The molecule has 328 valence electrons. The van der Waals surface area contributed by atoms with Crippen molar-refractivity contribution in [3.63, 3.8) is 0 Å². The quantitative estimate of drug-likeness (QED) is 0.0406. The van der Waals surface area contributed by atoms with E-state index < -0.39 is 86.8 Å². The van der Waals surface area contributed by atoms with Crippen LogP contribution in [0.4, 0.5) is 0 Å². The van der Waals surface area contributed by atoms with Crippen LogP contribution in [-0.2, 0) is 45.1 Å². The zero-order valence-electron chi connectivity index (χ0n) is 32.8. The number of rotatable bonds is 27. The predicted octanol–water partition coefficient (Wildman–Crippen LogP) is -2.85. The van der Waals surface area contributed by atoms with Gasteiger partial charge in [0.1, 0.15) is 48.8 Å². The summed E-state index contributed by atoms with van der Waals surface area (Å²) in [6.45, 7) is 1.99. The predicted molar refractivity (Wildman–Crippen MR) is 197 cm³/mol. The van der Waals surface area contributed by atoms with Gasteiger partial charge in [0.15, 0.2) is 12.6 Å².